The van der Waals surface area contributed by atoms with Gasteiger partial charge in [0.1, 0.15) is 6.04 Å². The first-order valence-electron chi connectivity index (χ1n) is 6.46. The van der Waals surface area contributed by atoms with Gasteiger partial charge in [-0.15, -0.1) is 6.58 Å². The summed E-state index contributed by atoms with van der Waals surface area (Å²) in [6.45, 7) is 5.18. The van der Waals surface area contributed by atoms with Crippen LogP contribution in [0.3, 0.4) is 0 Å². The maximum absolute atomic E-state index is 11.7. The number of nitrogens with one attached hydrogen (secondary N) is 2. The SMILES string of the molecule is C=C(C)C[C@@H](NC(=O)CNC(=O)c1ccccc1)C(N)=O. The first-order chi connectivity index (χ1) is 9.90. The molecule has 0 saturated heterocycles. The summed E-state index contributed by atoms with van der Waals surface area (Å²) in [6, 6.07) is 7.71. The fourth-order valence-electron chi connectivity index (χ4n) is 1.67. The van der Waals surface area contributed by atoms with Crippen molar-refractivity contribution in [2.45, 2.75) is 19.4 Å². The lowest BCUT2D eigenvalue weighted by molar-refractivity contribution is -0.126. The van der Waals surface area contributed by atoms with Crippen LogP contribution in [-0.2, 0) is 9.59 Å². The van der Waals surface area contributed by atoms with Crippen LogP contribution >= 0.6 is 0 Å². The largest absolute Gasteiger partial charge is 0.368 e. The van der Waals surface area contributed by atoms with Gasteiger partial charge in [-0.2, -0.15) is 0 Å². The second-order valence-corrected chi connectivity index (χ2v) is 4.73. The van der Waals surface area contributed by atoms with Crippen LogP contribution in [0.4, 0.5) is 0 Å². The lowest BCUT2D eigenvalue weighted by Crippen LogP contribution is -2.48. The molecule has 0 aliphatic carbocycles. The van der Waals surface area contributed by atoms with E-state index in [-0.39, 0.29) is 18.9 Å². The Morgan fingerprint density at radius 1 is 1.24 bits per heavy atom. The van der Waals surface area contributed by atoms with Gasteiger partial charge in [-0.1, -0.05) is 23.8 Å². The van der Waals surface area contributed by atoms with E-state index in [1.807, 2.05) is 0 Å². The molecule has 6 nitrogen and oxygen atoms in total. The highest BCUT2D eigenvalue weighted by molar-refractivity contribution is 5.97. The van der Waals surface area contributed by atoms with Gasteiger partial charge in [0, 0.05) is 5.56 Å². The Morgan fingerprint density at radius 2 is 1.86 bits per heavy atom. The predicted octanol–water partition coefficient (Wildman–Crippen LogP) is 0.353. The molecule has 6 heteroatoms. The third kappa shape index (κ3) is 5.90. The van der Waals surface area contributed by atoms with Crippen LogP contribution < -0.4 is 16.4 Å². The Kier molecular flexibility index (Phi) is 6.13. The van der Waals surface area contributed by atoms with Crippen molar-refractivity contribution in [2.24, 2.45) is 5.73 Å². The van der Waals surface area contributed by atoms with E-state index in [9.17, 15) is 14.4 Å². The molecule has 0 bridgehead atoms. The van der Waals surface area contributed by atoms with Gasteiger partial charge in [0.25, 0.3) is 5.91 Å². The summed E-state index contributed by atoms with van der Waals surface area (Å²) in [5, 5.41) is 4.94. The Morgan fingerprint density at radius 3 is 2.38 bits per heavy atom. The highest BCUT2D eigenvalue weighted by Crippen LogP contribution is 2.01. The quantitative estimate of drug-likeness (QED) is 0.631. The number of amides is 3. The third-order valence-corrected chi connectivity index (χ3v) is 2.68. The van der Waals surface area contributed by atoms with Crippen LogP contribution in [0.25, 0.3) is 0 Å². The van der Waals surface area contributed by atoms with Crippen molar-refractivity contribution >= 4 is 17.7 Å². The number of carbonyl (C=O) groups excluding carboxylic acids is 3. The minimum Gasteiger partial charge on any atom is -0.368 e. The van der Waals surface area contributed by atoms with E-state index in [1.165, 1.54) is 0 Å². The van der Waals surface area contributed by atoms with Crippen molar-refractivity contribution in [3.63, 3.8) is 0 Å². The molecule has 112 valence electrons. The molecule has 0 aliphatic heterocycles. The Bertz CT molecular complexity index is 540. The maximum Gasteiger partial charge on any atom is 0.251 e. The average Bonchev–Trinajstić information content (AvgIpc) is 2.44. The number of carbonyl (C=O) groups is 3. The Balaban J connectivity index is 2.48. The zero-order chi connectivity index (χ0) is 15.8. The van der Waals surface area contributed by atoms with Crippen LogP contribution in [0.15, 0.2) is 42.5 Å². The number of rotatable bonds is 7. The third-order valence-electron chi connectivity index (χ3n) is 2.68. The molecule has 1 aromatic rings. The van der Waals surface area contributed by atoms with E-state index in [0.717, 1.165) is 5.57 Å². The molecule has 0 aliphatic rings. The molecule has 4 N–H and O–H groups in total. The number of primary amides is 1. The van der Waals surface area contributed by atoms with Crippen LogP contribution in [0.1, 0.15) is 23.7 Å². The number of hydrogen-bond acceptors (Lipinski definition) is 3. The summed E-state index contributed by atoms with van der Waals surface area (Å²) >= 11 is 0. The molecule has 0 saturated carbocycles. The van der Waals surface area contributed by atoms with Crippen molar-refractivity contribution in [3.8, 4) is 0 Å². The molecular formula is C15H19N3O3. The molecule has 1 atom stereocenters. The Hall–Kier alpha value is -2.63. The van der Waals surface area contributed by atoms with Gasteiger partial charge >= 0.3 is 0 Å². The lowest BCUT2D eigenvalue weighted by Gasteiger charge is -2.15. The van der Waals surface area contributed by atoms with Crippen LogP contribution in [0, 0.1) is 0 Å². The molecule has 0 spiro atoms. The van der Waals surface area contributed by atoms with E-state index in [0.29, 0.717) is 5.56 Å². The molecule has 0 radical (unpaired) electrons. The van der Waals surface area contributed by atoms with Crippen LogP contribution in [-0.4, -0.2) is 30.3 Å². The summed E-state index contributed by atoms with van der Waals surface area (Å²) in [5.41, 5.74) is 6.38. The minimum absolute atomic E-state index is 0.228. The molecular weight excluding hydrogens is 270 g/mol. The molecule has 0 fully saturated rings. The van der Waals surface area contributed by atoms with Gasteiger partial charge in [-0.3, -0.25) is 14.4 Å². The molecule has 1 aromatic carbocycles. The summed E-state index contributed by atoms with van der Waals surface area (Å²) in [4.78, 5) is 34.7. The summed E-state index contributed by atoms with van der Waals surface area (Å²) in [5.74, 6) is -1.48. The second-order valence-electron chi connectivity index (χ2n) is 4.73. The fraction of sp³-hybridized carbons (Fsp3) is 0.267. The van der Waals surface area contributed by atoms with E-state index in [2.05, 4.69) is 17.2 Å². The van der Waals surface area contributed by atoms with E-state index in [4.69, 9.17) is 5.73 Å². The highest BCUT2D eigenvalue weighted by Gasteiger charge is 2.18. The van der Waals surface area contributed by atoms with Crippen molar-refractivity contribution in [3.05, 3.63) is 48.0 Å². The van der Waals surface area contributed by atoms with Gasteiger partial charge < -0.3 is 16.4 Å². The first kappa shape index (κ1) is 16.4. The van der Waals surface area contributed by atoms with Crippen molar-refractivity contribution < 1.29 is 14.4 Å². The fourth-order valence-corrected chi connectivity index (χ4v) is 1.67. The van der Waals surface area contributed by atoms with Gasteiger partial charge in [-0.25, -0.2) is 0 Å². The molecule has 0 heterocycles. The van der Waals surface area contributed by atoms with Gasteiger partial charge in [0.15, 0.2) is 0 Å². The van der Waals surface area contributed by atoms with Crippen LogP contribution in [0.2, 0.25) is 0 Å². The predicted molar refractivity (Wildman–Crippen MR) is 79.3 cm³/mol. The van der Waals surface area contributed by atoms with Gasteiger partial charge in [-0.05, 0) is 25.5 Å². The van der Waals surface area contributed by atoms with Crippen LogP contribution in [0.5, 0.6) is 0 Å². The standard InChI is InChI=1S/C15H19N3O3/c1-10(2)8-12(14(16)20)18-13(19)9-17-15(21)11-6-4-3-5-7-11/h3-7,12H,1,8-9H2,2H3,(H2,16,20)(H,17,21)(H,18,19)/t12-/m1/s1. The van der Waals surface area contributed by atoms with E-state index in [1.54, 1.807) is 37.3 Å². The average molecular weight is 289 g/mol. The van der Waals surface area contributed by atoms with Crippen molar-refractivity contribution in [2.75, 3.05) is 6.54 Å². The molecule has 3 amide bonds. The zero-order valence-electron chi connectivity index (χ0n) is 11.9. The smallest absolute Gasteiger partial charge is 0.251 e. The molecule has 0 aromatic heterocycles. The normalized spacial score (nSPS) is 11.3. The zero-order valence-corrected chi connectivity index (χ0v) is 11.9. The van der Waals surface area contributed by atoms with Crippen molar-refractivity contribution in [1.29, 1.82) is 0 Å². The summed E-state index contributed by atoms with van der Waals surface area (Å²) in [6.07, 6.45) is 0.272. The van der Waals surface area contributed by atoms with Crippen molar-refractivity contribution in [1.82, 2.24) is 10.6 Å². The minimum atomic E-state index is -0.816. The number of benzene rings is 1. The molecule has 0 unspecified atom stereocenters. The summed E-state index contributed by atoms with van der Waals surface area (Å²) < 4.78 is 0. The second kappa shape index (κ2) is 7.84. The summed E-state index contributed by atoms with van der Waals surface area (Å²) in [7, 11) is 0. The van der Waals surface area contributed by atoms with Gasteiger partial charge in [0.2, 0.25) is 11.8 Å². The number of nitrogens with two attached hydrogens (primary N) is 1. The van der Waals surface area contributed by atoms with E-state index < -0.39 is 17.9 Å². The highest BCUT2D eigenvalue weighted by atomic mass is 16.2. The number of hydrogen-bond donors (Lipinski definition) is 3. The maximum atomic E-state index is 11.7. The first-order valence-corrected chi connectivity index (χ1v) is 6.46. The topological polar surface area (TPSA) is 101 Å². The molecule has 21 heavy (non-hydrogen) atoms. The van der Waals surface area contributed by atoms with Gasteiger partial charge in [0.05, 0.1) is 6.54 Å². The monoisotopic (exact) mass is 289 g/mol. The lowest BCUT2D eigenvalue weighted by atomic mass is 10.1. The Labute approximate surface area is 123 Å². The molecule has 1 rings (SSSR count). The van der Waals surface area contributed by atoms with E-state index >= 15 is 0 Å².